The third kappa shape index (κ3) is 4.83. The first kappa shape index (κ1) is 19.7. The van der Waals surface area contributed by atoms with E-state index in [1.165, 1.54) is 4.68 Å². The van der Waals surface area contributed by atoms with E-state index in [9.17, 15) is 18.3 Å². The van der Waals surface area contributed by atoms with Gasteiger partial charge in [0.1, 0.15) is 17.3 Å². The number of nitrogens with zero attached hydrogens (tertiary/aromatic N) is 5. The molecule has 0 aliphatic heterocycles. The Hall–Kier alpha value is -3.01. The molecule has 3 aromatic heterocycles. The second-order valence-electron chi connectivity index (χ2n) is 6.36. The summed E-state index contributed by atoms with van der Waals surface area (Å²) >= 11 is 0. The first-order valence-electron chi connectivity index (χ1n) is 8.62. The Balaban J connectivity index is 1.84. The minimum Gasteiger partial charge on any atom is -0.391 e. The molecule has 0 saturated carbocycles. The molecule has 1 unspecified atom stereocenters. The zero-order valence-corrected chi connectivity index (χ0v) is 15.3. The van der Waals surface area contributed by atoms with Gasteiger partial charge in [-0.05, 0) is 43.2 Å². The summed E-state index contributed by atoms with van der Waals surface area (Å²) < 4.78 is 40.1. The van der Waals surface area contributed by atoms with Gasteiger partial charge >= 0.3 is 6.18 Å². The minimum absolute atomic E-state index is 0.0357. The molecule has 2 N–H and O–H groups in total. The number of hydrogen-bond donors (Lipinski definition) is 2. The van der Waals surface area contributed by atoms with Crippen molar-refractivity contribution in [2.45, 2.75) is 39.1 Å². The molecule has 7 nitrogen and oxygen atoms in total. The molecule has 3 aromatic rings. The lowest BCUT2D eigenvalue weighted by atomic mass is 10.2. The van der Waals surface area contributed by atoms with Crippen molar-refractivity contribution in [3.8, 4) is 11.4 Å². The van der Waals surface area contributed by atoms with Gasteiger partial charge in [-0.2, -0.15) is 13.2 Å². The van der Waals surface area contributed by atoms with Crippen LogP contribution in [-0.2, 0) is 12.7 Å². The van der Waals surface area contributed by atoms with Crippen molar-refractivity contribution in [1.29, 1.82) is 0 Å². The van der Waals surface area contributed by atoms with Crippen molar-refractivity contribution < 1.29 is 18.3 Å². The van der Waals surface area contributed by atoms with Gasteiger partial charge in [-0.3, -0.25) is 0 Å². The maximum Gasteiger partial charge on any atom is 0.416 e. The van der Waals surface area contributed by atoms with Crippen LogP contribution in [0.25, 0.3) is 11.4 Å². The Morgan fingerprint density at radius 3 is 2.68 bits per heavy atom. The van der Waals surface area contributed by atoms with Crippen LogP contribution in [-0.4, -0.2) is 36.2 Å². The van der Waals surface area contributed by atoms with Crippen LogP contribution in [0.4, 0.5) is 24.8 Å². The molecule has 0 fully saturated rings. The Morgan fingerprint density at radius 2 is 1.96 bits per heavy atom. The van der Waals surface area contributed by atoms with E-state index in [0.717, 1.165) is 23.9 Å². The van der Waals surface area contributed by atoms with Crippen LogP contribution >= 0.6 is 0 Å². The Morgan fingerprint density at radius 1 is 1.18 bits per heavy atom. The molecule has 0 aromatic carbocycles. The molecule has 1 atom stereocenters. The molecule has 0 amide bonds. The maximum absolute atomic E-state index is 12.9. The highest BCUT2D eigenvalue weighted by Gasteiger charge is 2.30. The number of nitrogens with one attached hydrogen (secondary N) is 1. The lowest BCUT2D eigenvalue weighted by Crippen LogP contribution is -2.15. The average Bonchev–Trinajstić information content (AvgIpc) is 3.09. The molecule has 148 valence electrons. The molecule has 0 radical (unpaired) electrons. The van der Waals surface area contributed by atoms with Crippen molar-refractivity contribution in [2.24, 2.45) is 0 Å². The van der Waals surface area contributed by atoms with Gasteiger partial charge in [0, 0.05) is 6.20 Å². The summed E-state index contributed by atoms with van der Waals surface area (Å²) in [6.45, 7) is 4.01. The van der Waals surface area contributed by atoms with Gasteiger partial charge in [-0.15, -0.1) is 5.10 Å². The van der Waals surface area contributed by atoms with Crippen LogP contribution < -0.4 is 5.32 Å². The molecule has 0 spiro atoms. The number of halogens is 3. The number of anilines is 2. The van der Waals surface area contributed by atoms with Gasteiger partial charge in [-0.1, -0.05) is 12.1 Å². The van der Waals surface area contributed by atoms with E-state index in [0.29, 0.717) is 30.2 Å². The quantitative estimate of drug-likeness (QED) is 0.667. The Kier molecular flexibility index (Phi) is 5.59. The van der Waals surface area contributed by atoms with E-state index in [4.69, 9.17) is 0 Å². The monoisotopic (exact) mass is 392 g/mol. The number of aliphatic hydroxyl groups excluding tert-OH is 1. The van der Waals surface area contributed by atoms with Crippen LogP contribution in [0.3, 0.4) is 0 Å². The smallest absolute Gasteiger partial charge is 0.391 e. The van der Waals surface area contributed by atoms with Crippen molar-refractivity contribution >= 4 is 11.6 Å². The maximum atomic E-state index is 12.9. The number of pyridine rings is 2. The Bertz CT molecular complexity index is 956. The molecule has 0 aliphatic carbocycles. The lowest BCUT2D eigenvalue weighted by Gasteiger charge is -2.10. The third-order valence-electron chi connectivity index (χ3n) is 3.98. The zero-order chi connectivity index (χ0) is 20.3. The fourth-order valence-corrected chi connectivity index (χ4v) is 2.52. The minimum atomic E-state index is -4.45. The molecule has 0 aliphatic rings. The zero-order valence-electron chi connectivity index (χ0n) is 15.3. The predicted octanol–water partition coefficient (Wildman–Crippen LogP) is 3.58. The Labute approximate surface area is 159 Å². The van der Waals surface area contributed by atoms with E-state index in [2.05, 4.69) is 25.6 Å². The van der Waals surface area contributed by atoms with E-state index in [1.54, 1.807) is 18.3 Å². The summed E-state index contributed by atoms with van der Waals surface area (Å²) in [5, 5.41) is 20.5. The van der Waals surface area contributed by atoms with Gasteiger partial charge in [0.2, 0.25) is 0 Å². The lowest BCUT2D eigenvalue weighted by molar-refractivity contribution is -0.137. The molecule has 28 heavy (non-hydrogen) atoms. The molecule has 0 saturated heterocycles. The summed E-state index contributed by atoms with van der Waals surface area (Å²) in [6, 6.07) is 5.31. The molecule has 3 rings (SSSR count). The summed E-state index contributed by atoms with van der Waals surface area (Å²) in [5.74, 6) is 0.374. The first-order valence-corrected chi connectivity index (χ1v) is 8.62. The van der Waals surface area contributed by atoms with E-state index in [1.807, 2.05) is 13.8 Å². The van der Waals surface area contributed by atoms with E-state index in [-0.39, 0.29) is 5.82 Å². The van der Waals surface area contributed by atoms with Crippen molar-refractivity contribution in [1.82, 2.24) is 25.0 Å². The highest BCUT2D eigenvalue weighted by molar-refractivity contribution is 5.61. The van der Waals surface area contributed by atoms with Crippen LogP contribution in [0.1, 0.15) is 24.5 Å². The topological polar surface area (TPSA) is 88.8 Å². The fraction of sp³-hybridized carbons (Fsp3) is 0.333. The second kappa shape index (κ2) is 7.93. The van der Waals surface area contributed by atoms with E-state index >= 15 is 0 Å². The van der Waals surface area contributed by atoms with Gasteiger partial charge in [0.05, 0.1) is 30.1 Å². The van der Waals surface area contributed by atoms with Crippen LogP contribution in [0, 0.1) is 6.92 Å². The van der Waals surface area contributed by atoms with Crippen LogP contribution in [0.2, 0.25) is 0 Å². The number of rotatable bonds is 6. The van der Waals surface area contributed by atoms with E-state index < -0.39 is 17.8 Å². The molecular formula is C18H19F3N6O. The molecule has 0 bridgehead atoms. The average molecular weight is 392 g/mol. The van der Waals surface area contributed by atoms with Crippen LogP contribution in [0.5, 0.6) is 0 Å². The molecule has 10 heteroatoms. The fourth-order valence-electron chi connectivity index (χ4n) is 2.52. The highest BCUT2D eigenvalue weighted by atomic mass is 19.4. The molecular weight excluding hydrogens is 373 g/mol. The van der Waals surface area contributed by atoms with Gasteiger partial charge in [0.15, 0.2) is 0 Å². The van der Waals surface area contributed by atoms with Crippen LogP contribution in [0.15, 0.2) is 36.7 Å². The van der Waals surface area contributed by atoms with Crippen molar-refractivity contribution in [3.05, 3.63) is 47.8 Å². The highest BCUT2D eigenvalue weighted by Crippen LogP contribution is 2.30. The van der Waals surface area contributed by atoms with Crippen molar-refractivity contribution in [3.63, 3.8) is 0 Å². The predicted molar refractivity (Wildman–Crippen MR) is 96.8 cm³/mol. The normalized spacial score (nSPS) is 12.8. The second-order valence-corrected chi connectivity index (χ2v) is 6.36. The summed E-state index contributed by atoms with van der Waals surface area (Å²) in [5.41, 5.74) is 1.04. The third-order valence-corrected chi connectivity index (χ3v) is 3.98. The number of aryl methyl sites for hydroxylation is 1. The van der Waals surface area contributed by atoms with Crippen molar-refractivity contribution in [2.75, 3.05) is 5.32 Å². The largest absolute Gasteiger partial charge is 0.416 e. The molecule has 3 heterocycles. The summed E-state index contributed by atoms with van der Waals surface area (Å²) in [4.78, 5) is 8.31. The van der Waals surface area contributed by atoms with Gasteiger partial charge < -0.3 is 10.4 Å². The summed E-state index contributed by atoms with van der Waals surface area (Å²) in [7, 11) is 0. The van der Waals surface area contributed by atoms with Gasteiger partial charge in [0.25, 0.3) is 0 Å². The standard InChI is InChI=1S/C18H19F3N6O/c1-3-13(28)9-27-10-15(25-26-27)14-6-11(2)7-17(23-14)24-16-8-12(4-5-22-16)18(19,20)21/h4-8,10,13,28H,3,9H2,1-2H3,(H,22,23,24). The van der Waals surface area contributed by atoms with Gasteiger partial charge in [-0.25, -0.2) is 14.6 Å². The number of alkyl halides is 3. The SMILES string of the molecule is CCC(O)Cn1cc(-c2cc(C)cc(Nc3cc(C(F)(F)F)ccn3)n2)nn1. The summed E-state index contributed by atoms with van der Waals surface area (Å²) in [6.07, 6.45) is -1.63. The first-order chi connectivity index (χ1) is 13.2. The number of aromatic nitrogens is 5. The number of aliphatic hydroxyl groups is 1. The number of hydrogen-bond acceptors (Lipinski definition) is 6.